The van der Waals surface area contributed by atoms with Crippen LogP contribution in [0.2, 0.25) is 0 Å². The van der Waals surface area contributed by atoms with E-state index in [-0.39, 0.29) is 36.7 Å². The van der Waals surface area contributed by atoms with Crippen molar-refractivity contribution in [2.75, 3.05) is 11.4 Å². The van der Waals surface area contributed by atoms with Gasteiger partial charge < -0.3 is 10.2 Å². The summed E-state index contributed by atoms with van der Waals surface area (Å²) in [5.74, 6) is 1.04. The number of rotatable bonds is 10. The number of alkyl halides is 6. The predicted octanol–water partition coefficient (Wildman–Crippen LogP) is 5.89. The molecule has 2 fully saturated rings. The second-order valence-electron chi connectivity index (χ2n) is 12.0. The van der Waals surface area contributed by atoms with Crippen LogP contribution in [0, 0.1) is 18.8 Å². The van der Waals surface area contributed by atoms with Crippen molar-refractivity contribution in [1.82, 2.24) is 40.3 Å². The summed E-state index contributed by atoms with van der Waals surface area (Å²) >= 11 is 0. The molecule has 1 atom stereocenters. The van der Waals surface area contributed by atoms with Gasteiger partial charge in [-0.15, -0.1) is 5.10 Å². The monoisotopic (exact) mass is 621 g/mol. The Balaban J connectivity index is 1.44. The maximum atomic E-state index is 13.7. The Labute approximate surface area is 249 Å². The number of aromatic nitrogens is 7. The average Bonchev–Trinajstić information content (AvgIpc) is 3.58. The van der Waals surface area contributed by atoms with E-state index in [9.17, 15) is 26.3 Å². The molecule has 9 nitrogen and oxygen atoms in total. The minimum absolute atomic E-state index is 0.0681. The van der Waals surface area contributed by atoms with E-state index >= 15 is 0 Å². The Hall–Kier alpha value is -3.75. The molecule has 4 aromatic rings. The van der Waals surface area contributed by atoms with Gasteiger partial charge in [-0.3, -0.25) is 4.68 Å². The van der Waals surface area contributed by atoms with E-state index in [1.54, 1.807) is 9.58 Å². The third-order valence-corrected chi connectivity index (χ3v) is 8.51. The lowest BCUT2D eigenvalue weighted by atomic mass is 9.77. The van der Waals surface area contributed by atoms with E-state index in [1.165, 1.54) is 24.7 Å². The zero-order valence-corrected chi connectivity index (χ0v) is 24.5. The van der Waals surface area contributed by atoms with Crippen LogP contribution in [0.5, 0.6) is 0 Å². The molecular formula is C29H33F6N9. The molecule has 0 spiro atoms. The fourth-order valence-electron chi connectivity index (χ4n) is 5.80. The van der Waals surface area contributed by atoms with Gasteiger partial charge in [0.05, 0.1) is 35.6 Å². The quantitative estimate of drug-likeness (QED) is 0.221. The van der Waals surface area contributed by atoms with Crippen LogP contribution in [-0.4, -0.2) is 41.5 Å². The number of aryl methyl sites for hydroxylation is 3. The first kappa shape index (κ1) is 30.3. The number of nitrogens with one attached hydrogen (secondary N) is 1. The Morgan fingerprint density at radius 3 is 2.16 bits per heavy atom. The Bertz CT molecular complexity index is 1620. The molecule has 44 heavy (non-hydrogen) atoms. The lowest BCUT2D eigenvalue weighted by Gasteiger charge is -2.35. The summed E-state index contributed by atoms with van der Waals surface area (Å²) in [4.78, 5) is 7.83. The van der Waals surface area contributed by atoms with E-state index in [0.717, 1.165) is 60.3 Å². The molecule has 1 aromatic carbocycles. The van der Waals surface area contributed by atoms with Crippen molar-refractivity contribution in [2.45, 2.75) is 70.5 Å². The Morgan fingerprint density at radius 2 is 1.61 bits per heavy atom. The minimum atomic E-state index is -4.96. The maximum Gasteiger partial charge on any atom is 0.416 e. The first-order valence-electron chi connectivity index (χ1n) is 14.6. The molecule has 2 aliphatic carbocycles. The van der Waals surface area contributed by atoms with Crippen LogP contribution >= 0.6 is 0 Å². The molecule has 1 unspecified atom stereocenters. The van der Waals surface area contributed by atoms with Crippen LogP contribution < -0.4 is 10.2 Å². The summed E-state index contributed by atoms with van der Waals surface area (Å²) in [7, 11) is 3.36. The summed E-state index contributed by atoms with van der Waals surface area (Å²) in [5.41, 5.74) is 0.0811. The van der Waals surface area contributed by atoms with E-state index < -0.39 is 23.5 Å². The predicted molar refractivity (Wildman–Crippen MR) is 149 cm³/mol. The number of benzene rings is 1. The van der Waals surface area contributed by atoms with Gasteiger partial charge in [-0.1, -0.05) is 11.5 Å². The van der Waals surface area contributed by atoms with Crippen LogP contribution in [0.4, 0.5) is 32.3 Å². The molecule has 2 aliphatic rings. The van der Waals surface area contributed by atoms with Crippen LogP contribution in [0.1, 0.15) is 71.8 Å². The fraction of sp³-hybridized carbons (Fsp3) is 0.552. The number of hydrogen-bond acceptors (Lipinski definition) is 7. The number of nitrogens with zero attached hydrogens (tertiary/aromatic N) is 8. The van der Waals surface area contributed by atoms with Crippen LogP contribution in [0.15, 0.2) is 24.3 Å². The van der Waals surface area contributed by atoms with Gasteiger partial charge in [0.25, 0.3) is 5.95 Å². The van der Waals surface area contributed by atoms with Gasteiger partial charge in [0.2, 0.25) is 0 Å². The molecule has 2 saturated carbocycles. The highest BCUT2D eigenvalue weighted by Gasteiger charge is 2.38. The second kappa shape index (κ2) is 11.3. The highest BCUT2D eigenvalue weighted by atomic mass is 19.4. The summed E-state index contributed by atoms with van der Waals surface area (Å²) in [6, 6.07) is 3.51. The fourth-order valence-corrected chi connectivity index (χ4v) is 5.80. The Kier molecular flexibility index (Phi) is 7.79. The third-order valence-electron chi connectivity index (χ3n) is 8.51. The highest BCUT2D eigenvalue weighted by molar-refractivity contribution is 5.79. The number of hydrogen-bond donors (Lipinski definition) is 1. The van der Waals surface area contributed by atoms with Crippen molar-refractivity contribution >= 4 is 17.0 Å². The van der Waals surface area contributed by atoms with Gasteiger partial charge in [0.1, 0.15) is 0 Å². The molecule has 1 N–H and O–H groups in total. The summed E-state index contributed by atoms with van der Waals surface area (Å²) < 4.78 is 83.8. The topological polar surface area (TPSA) is 89.6 Å². The molecule has 6 rings (SSSR count). The SMILES string of the molecule is Cc1nn(C)c2nc(C(NCC3CC3)C3CCC3)c(CN(Cc3cc(C(F)(F)F)cc(C(F)(F)F)c3)c3nnn(C)n3)cc12. The van der Waals surface area contributed by atoms with Gasteiger partial charge in [0, 0.05) is 25.5 Å². The highest BCUT2D eigenvalue weighted by Crippen LogP contribution is 2.41. The maximum absolute atomic E-state index is 13.7. The lowest BCUT2D eigenvalue weighted by molar-refractivity contribution is -0.143. The molecule has 3 heterocycles. The zero-order chi connectivity index (χ0) is 31.4. The first-order chi connectivity index (χ1) is 20.8. The summed E-state index contributed by atoms with van der Waals surface area (Å²) in [6.45, 7) is 2.46. The van der Waals surface area contributed by atoms with Gasteiger partial charge in [0.15, 0.2) is 5.65 Å². The first-order valence-corrected chi connectivity index (χ1v) is 14.6. The van der Waals surface area contributed by atoms with Crippen molar-refractivity contribution in [3.05, 3.63) is 57.9 Å². The molecule has 0 amide bonds. The number of fused-ring (bicyclic) bond motifs is 1. The minimum Gasteiger partial charge on any atom is -0.329 e. The van der Waals surface area contributed by atoms with E-state index in [1.807, 2.05) is 20.0 Å². The number of pyridine rings is 1. The van der Waals surface area contributed by atoms with Crippen LogP contribution in [0.25, 0.3) is 11.0 Å². The van der Waals surface area contributed by atoms with Gasteiger partial charge in [-0.05, 0) is 91.6 Å². The normalized spacial score (nSPS) is 16.8. The van der Waals surface area contributed by atoms with E-state index in [2.05, 4.69) is 25.8 Å². The molecule has 15 heteroatoms. The second-order valence-corrected chi connectivity index (χ2v) is 12.0. The lowest BCUT2D eigenvalue weighted by Crippen LogP contribution is -2.35. The van der Waals surface area contributed by atoms with Crippen LogP contribution in [0.3, 0.4) is 0 Å². The molecule has 3 aromatic heterocycles. The molecule has 0 bridgehead atoms. The van der Waals surface area contributed by atoms with Crippen molar-refractivity contribution in [2.24, 2.45) is 25.9 Å². The van der Waals surface area contributed by atoms with Gasteiger partial charge in [-0.2, -0.15) is 36.2 Å². The van der Waals surface area contributed by atoms with Gasteiger partial charge >= 0.3 is 12.4 Å². The van der Waals surface area contributed by atoms with E-state index in [0.29, 0.717) is 17.5 Å². The van der Waals surface area contributed by atoms with E-state index in [4.69, 9.17) is 4.98 Å². The van der Waals surface area contributed by atoms with Crippen molar-refractivity contribution < 1.29 is 26.3 Å². The number of halogens is 6. The zero-order valence-electron chi connectivity index (χ0n) is 24.5. The third kappa shape index (κ3) is 6.37. The smallest absolute Gasteiger partial charge is 0.329 e. The largest absolute Gasteiger partial charge is 0.416 e. The number of tetrazole rings is 1. The van der Waals surface area contributed by atoms with Crippen LogP contribution in [-0.2, 0) is 39.5 Å². The standard InChI is InChI=1S/C29H33F6N9/c1-16-23-11-20(25(37-26(23)42(2)39-16)24(19-5-4-6-19)36-13-17-7-8-17)15-44(27-38-41-43(3)40-27)14-18-9-21(28(30,31)32)12-22(10-18)29(33,34)35/h9-12,17,19,24,36H,4-8,13-15H2,1-3H3. The summed E-state index contributed by atoms with van der Waals surface area (Å²) in [6.07, 6.45) is -4.40. The Morgan fingerprint density at radius 1 is 0.932 bits per heavy atom. The van der Waals surface area contributed by atoms with Gasteiger partial charge in [-0.25, -0.2) is 4.98 Å². The molecule has 0 aliphatic heterocycles. The van der Waals surface area contributed by atoms with Crippen molar-refractivity contribution in [3.8, 4) is 0 Å². The average molecular weight is 622 g/mol. The molecule has 236 valence electrons. The van der Waals surface area contributed by atoms with Crippen molar-refractivity contribution in [3.63, 3.8) is 0 Å². The van der Waals surface area contributed by atoms with Crippen molar-refractivity contribution in [1.29, 1.82) is 0 Å². The molecular weight excluding hydrogens is 588 g/mol. The molecule has 0 saturated heterocycles. The summed E-state index contributed by atoms with van der Waals surface area (Å²) in [5, 5.41) is 21.3. The number of anilines is 1. The molecule has 0 radical (unpaired) electrons.